The lowest BCUT2D eigenvalue weighted by Gasteiger charge is -2.19. The lowest BCUT2D eigenvalue weighted by Crippen LogP contribution is -2.29. The number of carboxylic acids is 1. The fourth-order valence-corrected chi connectivity index (χ4v) is 2.44. The molecule has 1 aromatic rings. The highest BCUT2D eigenvalue weighted by molar-refractivity contribution is 5.95. The summed E-state index contributed by atoms with van der Waals surface area (Å²) in [6.45, 7) is 2.73. The van der Waals surface area contributed by atoms with E-state index in [1.54, 1.807) is 18.7 Å². The van der Waals surface area contributed by atoms with Crippen molar-refractivity contribution < 1.29 is 14.7 Å². The van der Waals surface area contributed by atoms with Gasteiger partial charge in [-0.15, -0.1) is 0 Å². The van der Waals surface area contributed by atoms with Crippen LogP contribution in [-0.2, 0) is 11.8 Å². The van der Waals surface area contributed by atoms with E-state index in [0.717, 1.165) is 0 Å². The molecule has 0 radical (unpaired) electrons. The summed E-state index contributed by atoms with van der Waals surface area (Å²) in [5.41, 5.74) is 5.95. The Morgan fingerprint density at radius 3 is 2.67 bits per heavy atom. The van der Waals surface area contributed by atoms with Crippen LogP contribution in [0.1, 0.15) is 22.5 Å². The zero-order chi connectivity index (χ0) is 13.4. The van der Waals surface area contributed by atoms with E-state index in [0.29, 0.717) is 31.0 Å². The predicted molar refractivity (Wildman–Crippen MR) is 64.4 cm³/mol. The molecule has 1 atom stereocenters. The number of aryl methyl sites for hydroxylation is 2. The predicted octanol–water partition coefficient (Wildman–Crippen LogP) is -0.262. The van der Waals surface area contributed by atoms with Gasteiger partial charge in [-0.25, -0.2) is 4.79 Å². The number of nitrogens with two attached hydrogens (primary N) is 1. The lowest BCUT2D eigenvalue weighted by molar-refractivity contribution is -0.121. The van der Waals surface area contributed by atoms with E-state index in [2.05, 4.69) is 5.10 Å². The number of rotatable bonds is 3. The minimum absolute atomic E-state index is 0.197. The standard InChI is InChI=1S/C11H16N4O3/c1-6-8(11(17)18)10(14(2)13-6)15-4-3-7(5-15)9(12)16/h7H,3-5H2,1-2H3,(H2,12,16)(H,17,18). The lowest BCUT2D eigenvalue weighted by atomic mass is 10.1. The number of carboxylic acid groups (broad SMARTS) is 1. The fraction of sp³-hybridized carbons (Fsp3) is 0.545. The smallest absolute Gasteiger partial charge is 0.341 e. The Balaban J connectivity index is 2.35. The number of nitrogens with zero attached hydrogens (tertiary/aromatic N) is 3. The van der Waals surface area contributed by atoms with Gasteiger partial charge in [-0.3, -0.25) is 9.48 Å². The van der Waals surface area contributed by atoms with Crippen molar-refractivity contribution in [3.63, 3.8) is 0 Å². The number of aromatic carboxylic acids is 1. The van der Waals surface area contributed by atoms with Gasteiger partial charge in [-0.1, -0.05) is 0 Å². The molecular weight excluding hydrogens is 236 g/mol. The van der Waals surface area contributed by atoms with Crippen molar-refractivity contribution in [3.05, 3.63) is 11.3 Å². The second-order valence-electron chi connectivity index (χ2n) is 4.55. The minimum Gasteiger partial charge on any atom is -0.477 e. The molecule has 98 valence electrons. The van der Waals surface area contributed by atoms with Crippen molar-refractivity contribution in [2.75, 3.05) is 18.0 Å². The van der Waals surface area contributed by atoms with Gasteiger partial charge < -0.3 is 15.7 Å². The van der Waals surface area contributed by atoms with Crippen molar-refractivity contribution in [1.29, 1.82) is 0 Å². The van der Waals surface area contributed by atoms with Gasteiger partial charge in [0.1, 0.15) is 11.4 Å². The molecule has 1 unspecified atom stereocenters. The van der Waals surface area contributed by atoms with Crippen LogP contribution < -0.4 is 10.6 Å². The van der Waals surface area contributed by atoms with Gasteiger partial charge in [0.25, 0.3) is 0 Å². The van der Waals surface area contributed by atoms with E-state index in [1.165, 1.54) is 0 Å². The average molecular weight is 252 g/mol. The van der Waals surface area contributed by atoms with Crippen LogP contribution in [0, 0.1) is 12.8 Å². The Morgan fingerprint density at radius 2 is 2.17 bits per heavy atom. The number of primary amides is 1. The molecule has 18 heavy (non-hydrogen) atoms. The number of hydrogen-bond donors (Lipinski definition) is 2. The first-order valence-electron chi connectivity index (χ1n) is 5.73. The number of amides is 1. The third-order valence-electron chi connectivity index (χ3n) is 3.30. The first kappa shape index (κ1) is 12.4. The van der Waals surface area contributed by atoms with Gasteiger partial charge in [-0.05, 0) is 13.3 Å². The highest BCUT2D eigenvalue weighted by Crippen LogP contribution is 2.28. The quantitative estimate of drug-likeness (QED) is 0.771. The molecule has 0 saturated carbocycles. The largest absolute Gasteiger partial charge is 0.477 e. The van der Waals surface area contributed by atoms with Crippen molar-refractivity contribution in [2.24, 2.45) is 18.7 Å². The van der Waals surface area contributed by atoms with Gasteiger partial charge in [0.2, 0.25) is 5.91 Å². The zero-order valence-corrected chi connectivity index (χ0v) is 10.4. The molecule has 2 rings (SSSR count). The SMILES string of the molecule is Cc1nn(C)c(N2CCC(C(N)=O)C2)c1C(=O)O. The second-order valence-corrected chi connectivity index (χ2v) is 4.55. The third-order valence-corrected chi connectivity index (χ3v) is 3.30. The van der Waals surface area contributed by atoms with Crippen molar-refractivity contribution >= 4 is 17.7 Å². The summed E-state index contributed by atoms with van der Waals surface area (Å²) in [6.07, 6.45) is 0.651. The van der Waals surface area contributed by atoms with E-state index in [-0.39, 0.29) is 17.4 Å². The van der Waals surface area contributed by atoms with E-state index in [9.17, 15) is 14.7 Å². The Kier molecular flexibility index (Phi) is 2.98. The minimum atomic E-state index is -1.00. The maximum Gasteiger partial charge on any atom is 0.341 e. The summed E-state index contributed by atoms with van der Waals surface area (Å²) < 4.78 is 1.54. The molecule has 2 heterocycles. The molecule has 3 N–H and O–H groups in total. The average Bonchev–Trinajstić information content (AvgIpc) is 2.81. The number of anilines is 1. The molecule has 7 nitrogen and oxygen atoms in total. The van der Waals surface area contributed by atoms with E-state index in [1.807, 2.05) is 4.90 Å². The van der Waals surface area contributed by atoms with Crippen LogP contribution in [0.15, 0.2) is 0 Å². The Labute approximate surface area is 104 Å². The Bertz CT molecular complexity index is 509. The summed E-state index contributed by atoms with van der Waals surface area (Å²) in [7, 11) is 1.70. The molecule has 7 heteroatoms. The molecule has 0 aromatic carbocycles. The number of carbonyl (C=O) groups is 2. The second kappa shape index (κ2) is 4.32. The number of aromatic nitrogens is 2. The van der Waals surface area contributed by atoms with E-state index >= 15 is 0 Å². The zero-order valence-electron chi connectivity index (χ0n) is 10.4. The third kappa shape index (κ3) is 1.92. The molecule has 1 saturated heterocycles. The van der Waals surface area contributed by atoms with Crippen LogP contribution in [0.25, 0.3) is 0 Å². The van der Waals surface area contributed by atoms with Crippen LogP contribution in [0.5, 0.6) is 0 Å². The summed E-state index contributed by atoms with van der Waals surface area (Å²) in [4.78, 5) is 24.3. The van der Waals surface area contributed by atoms with E-state index < -0.39 is 5.97 Å². The molecule has 1 fully saturated rings. The van der Waals surface area contributed by atoms with Crippen LogP contribution in [-0.4, -0.2) is 39.9 Å². The maximum absolute atomic E-state index is 11.3. The highest BCUT2D eigenvalue weighted by Gasteiger charge is 2.32. The Hall–Kier alpha value is -2.05. The molecule has 0 aliphatic carbocycles. The summed E-state index contributed by atoms with van der Waals surface area (Å²) in [5.74, 6) is -1.02. The first-order valence-corrected chi connectivity index (χ1v) is 5.73. The highest BCUT2D eigenvalue weighted by atomic mass is 16.4. The fourth-order valence-electron chi connectivity index (χ4n) is 2.44. The Morgan fingerprint density at radius 1 is 1.50 bits per heavy atom. The van der Waals surface area contributed by atoms with Gasteiger partial charge in [0.05, 0.1) is 11.6 Å². The summed E-state index contributed by atoms with van der Waals surface area (Å²) in [5, 5.41) is 13.3. The van der Waals surface area contributed by atoms with Crippen LogP contribution in [0.2, 0.25) is 0 Å². The number of carbonyl (C=O) groups excluding carboxylic acids is 1. The van der Waals surface area contributed by atoms with Gasteiger partial charge in [0, 0.05) is 20.1 Å². The molecule has 0 bridgehead atoms. The molecule has 1 aliphatic rings. The van der Waals surface area contributed by atoms with Gasteiger partial charge in [-0.2, -0.15) is 5.10 Å². The maximum atomic E-state index is 11.3. The first-order chi connectivity index (χ1) is 8.41. The topological polar surface area (TPSA) is 101 Å². The molecule has 1 amide bonds. The van der Waals surface area contributed by atoms with Crippen LogP contribution >= 0.6 is 0 Å². The van der Waals surface area contributed by atoms with Crippen LogP contribution in [0.4, 0.5) is 5.82 Å². The van der Waals surface area contributed by atoms with Crippen LogP contribution in [0.3, 0.4) is 0 Å². The normalized spacial score (nSPS) is 19.2. The van der Waals surface area contributed by atoms with Gasteiger partial charge in [0.15, 0.2) is 0 Å². The molecule has 1 aromatic heterocycles. The summed E-state index contributed by atoms with van der Waals surface area (Å²) >= 11 is 0. The van der Waals surface area contributed by atoms with Crippen molar-refractivity contribution in [1.82, 2.24) is 9.78 Å². The van der Waals surface area contributed by atoms with E-state index in [4.69, 9.17) is 5.73 Å². The monoisotopic (exact) mass is 252 g/mol. The van der Waals surface area contributed by atoms with Crippen molar-refractivity contribution in [2.45, 2.75) is 13.3 Å². The molecule has 0 spiro atoms. The molecular formula is C11H16N4O3. The molecule has 1 aliphatic heterocycles. The van der Waals surface area contributed by atoms with Gasteiger partial charge >= 0.3 is 5.97 Å². The van der Waals surface area contributed by atoms with Crippen molar-refractivity contribution in [3.8, 4) is 0 Å². The number of hydrogen-bond acceptors (Lipinski definition) is 4. The summed E-state index contributed by atoms with van der Waals surface area (Å²) in [6, 6.07) is 0.